The van der Waals surface area contributed by atoms with Crippen molar-refractivity contribution >= 4 is 51.1 Å². The van der Waals surface area contributed by atoms with Crippen molar-refractivity contribution in [3.8, 4) is 0 Å². The first-order chi connectivity index (χ1) is 11.1. The second kappa shape index (κ2) is 6.82. The molecule has 1 amide bonds. The maximum Gasteiger partial charge on any atom is 0.374 e. The van der Waals surface area contributed by atoms with E-state index >= 15 is 0 Å². The van der Waals surface area contributed by atoms with Gasteiger partial charge in [0, 0.05) is 14.6 Å². The number of carbonyl (C=O) groups is 2. The van der Waals surface area contributed by atoms with E-state index in [1.54, 1.807) is 24.3 Å². The van der Waals surface area contributed by atoms with E-state index in [1.165, 1.54) is 0 Å². The highest BCUT2D eigenvalue weighted by Gasteiger charge is 2.15. The fourth-order valence-corrected chi connectivity index (χ4v) is 2.37. The summed E-state index contributed by atoms with van der Waals surface area (Å²) < 4.78 is 11.4. The Bertz CT molecular complexity index is 821. The summed E-state index contributed by atoms with van der Waals surface area (Å²) in [5.74, 6) is -0.997. The molecule has 0 unspecified atom stereocenters. The van der Waals surface area contributed by atoms with Crippen molar-refractivity contribution < 1.29 is 18.7 Å². The number of fused-ring (bicyclic) bond motifs is 1. The van der Waals surface area contributed by atoms with E-state index in [2.05, 4.69) is 27.9 Å². The normalized spacial score (nSPS) is 10.5. The summed E-state index contributed by atoms with van der Waals surface area (Å²) in [6.45, 7) is -0.373. The van der Waals surface area contributed by atoms with Crippen molar-refractivity contribution in [2.75, 3.05) is 11.9 Å². The molecule has 23 heavy (non-hydrogen) atoms. The molecule has 1 heterocycles. The van der Waals surface area contributed by atoms with Crippen LogP contribution in [0.4, 0.5) is 5.69 Å². The Balaban J connectivity index is 1.57. The van der Waals surface area contributed by atoms with Gasteiger partial charge in [-0.2, -0.15) is 0 Å². The first-order valence-corrected chi connectivity index (χ1v) is 7.91. The molecule has 116 valence electrons. The molecule has 0 saturated heterocycles. The van der Waals surface area contributed by atoms with Gasteiger partial charge in [0.2, 0.25) is 5.76 Å². The minimum absolute atomic E-state index is 0.0771. The molecule has 0 radical (unpaired) electrons. The fourth-order valence-electron chi connectivity index (χ4n) is 2.01. The van der Waals surface area contributed by atoms with Crippen LogP contribution in [-0.2, 0) is 9.53 Å². The topological polar surface area (TPSA) is 68.5 Å². The summed E-state index contributed by atoms with van der Waals surface area (Å²) in [5, 5.41) is 3.46. The zero-order valence-corrected chi connectivity index (χ0v) is 14.1. The second-order valence-electron chi connectivity index (χ2n) is 4.78. The highest BCUT2D eigenvalue weighted by molar-refractivity contribution is 14.1. The van der Waals surface area contributed by atoms with Crippen LogP contribution in [0.1, 0.15) is 10.6 Å². The van der Waals surface area contributed by atoms with Gasteiger partial charge in [0.25, 0.3) is 5.91 Å². The minimum atomic E-state index is -0.668. The fraction of sp³-hybridized carbons (Fsp3) is 0.0588. The molecule has 0 aliphatic rings. The predicted octanol–water partition coefficient (Wildman–Crippen LogP) is 3.83. The van der Waals surface area contributed by atoms with E-state index < -0.39 is 11.9 Å². The maximum absolute atomic E-state index is 11.9. The molecular formula is C17H12INO4. The lowest BCUT2D eigenvalue weighted by Gasteiger charge is -2.05. The lowest BCUT2D eigenvalue weighted by Crippen LogP contribution is -2.20. The lowest BCUT2D eigenvalue weighted by molar-refractivity contribution is -0.119. The second-order valence-corrected chi connectivity index (χ2v) is 6.03. The molecule has 1 aromatic heterocycles. The standard InChI is InChI=1S/C17H12INO4/c18-12-5-7-13(8-6-12)19-16(20)10-22-17(21)15-9-11-3-1-2-4-14(11)23-15/h1-9H,10H2,(H,19,20). The number of furan rings is 1. The van der Waals surface area contributed by atoms with Crippen molar-refractivity contribution in [2.24, 2.45) is 0 Å². The van der Waals surface area contributed by atoms with Crippen LogP contribution in [0.15, 0.2) is 59.0 Å². The molecule has 0 spiro atoms. The van der Waals surface area contributed by atoms with E-state index in [9.17, 15) is 9.59 Å². The van der Waals surface area contributed by atoms with Gasteiger partial charge in [0.05, 0.1) is 0 Å². The predicted molar refractivity (Wildman–Crippen MR) is 94.3 cm³/mol. The number of esters is 1. The zero-order valence-electron chi connectivity index (χ0n) is 11.9. The molecule has 0 atom stereocenters. The molecule has 3 rings (SSSR count). The number of ether oxygens (including phenoxy) is 1. The number of para-hydroxylation sites is 1. The summed E-state index contributed by atoms with van der Waals surface area (Å²) in [6.07, 6.45) is 0. The highest BCUT2D eigenvalue weighted by atomic mass is 127. The van der Waals surface area contributed by atoms with Crippen LogP contribution in [0.3, 0.4) is 0 Å². The highest BCUT2D eigenvalue weighted by Crippen LogP contribution is 2.19. The van der Waals surface area contributed by atoms with E-state index in [0.717, 1.165) is 8.96 Å². The molecule has 0 aliphatic heterocycles. The van der Waals surface area contributed by atoms with Gasteiger partial charge in [-0.1, -0.05) is 18.2 Å². The van der Waals surface area contributed by atoms with E-state index in [4.69, 9.17) is 9.15 Å². The Morgan fingerprint density at radius 1 is 1.09 bits per heavy atom. The first-order valence-electron chi connectivity index (χ1n) is 6.83. The van der Waals surface area contributed by atoms with Gasteiger partial charge in [0.15, 0.2) is 6.61 Å². The van der Waals surface area contributed by atoms with Crippen LogP contribution in [0, 0.1) is 3.57 Å². The third-order valence-corrected chi connectivity index (χ3v) is 3.81. The van der Waals surface area contributed by atoms with Crippen molar-refractivity contribution in [1.82, 2.24) is 0 Å². The Kier molecular flexibility index (Phi) is 4.61. The number of hydrogen-bond acceptors (Lipinski definition) is 4. The van der Waals surface area contributed by atoms with Crippen molar-refractivity contribution in [3.05, 3.63) is 63.9 Å². The van der Waals surface area contributed by atoms with E-state index in [0.29, 0.717) is 11.3 Å². The van der Waals surface area contributed by atoms with E-state index in [1.807, 2.05) is 30.3 Å². The lowest BCUT2D eigenvalue weighted by atomic mass is 10.2. The average molecular weight is 421 g/mol. The average Bonchev–Trinajstić information content (AvgIpc) is 2.99. The van der Waals surface area contributed by atoms with Crippen LogP contribution < -0.4 is 5.32 Å². The summed E-state index contributed by atoms with van der Waals surface area (Å²) in [7, 11) is 0. The van der Waals surface area contributed by atoms with Gasteiger partial charge in [-0.15, -0.1) is 0 Å². The van der Waals surface area contributed by atoms with Crippen LogP contribution >= 0.6 is 22.6 Å². The molecule has 2 aromatic carbocycles. The monoisotopic (exact) mass is 421 g/mol. The number of carbonyl (C=O) groups excluding carboxylic acids is 2. The summed E-state index contributed by atoms with van der Waals surface area (Å²) in [6, 6.07) is 16.1. The Morgan fingerprint density at radius 2 is 1.83 bits per heavy atom. The van der Waals surface area contributed by atoms with Gasteiger partial charge in [-0.25, -0.2) is 4.79 Å². The molecule has 0 aliphatic carbocycles. The molecule has 0 bridgehead atoms. The van der Waals surface area contributed by atoms with Gasteiger partial charge < -0.3 is 14.5 Å². The Morgan fingerprint density at radius 3 is 2.57 bits per heavy atom. The number of anilines is 1. The Labute approximate surface area is 145 Å². The molecule has 0 saturated carbocycles. The molecule has 5 nitrogen and oxygen atoms in total. The molecule has 1 N–H and O–H groups in total. The molecule has 6 heteroatoms. The SMILES string of the molecule is O=C(COC(=O)c1cc2ccccc2o1)Nc1ccc(I)cc1. The largest absolute Gasteiger partial charge is 0.450 e. The summed E-state index contributed by atoms with van der Waals surface area (Å²) >= 11 is 2.18. The Hall–Kier alpha value is -2.35. The number of nitrogens with one attached hydrogen (secondary N) is 1. The smallest absolute Gasteiger partial charge is 0.374 e. The minimum Gasteiger partial charge on any atom is -0.450 e. The quantitative estimate of drug-likeness (QED) is 0.514. The number of rotatable bonds is 4. The van der Waals surface area contributed by atoms with Gasteiger partial charge >= 0.3 is 5.97 Å². The van der Waals surface area contributed by atoms with Crippen molar-refractivity contribution in [3.63, 3.8) is 0 Å². The van der Waals surface area contributed by atoms with Gasteiger partial charge in [-0.3, -0.25) is 4.79 Å². The van der Waals surface area contributed by atoms with E-state index in [-0.39, 0.29) is 12.4 Å². The van der Waals surface area contributed by atoms with Gasteiger partial charge in [0.1, 0.15) is 5.58 Å². The van der Waals surface area contributed by atoms with Crippen LogP contribution in [0.25, 0.3) is 11.0 Å². The zero-order chi connectivity index (χ0) is 16.2. The van der Waals surface area contributed by atoms with Crippen LogP contribution in [0.5, 0.6) is 0 Å². The number of hydrogen-bond donors (Lipinski definition) is 1. The summed E-state index contributed by atoms with van der Waals surface area (Å²) in [5.41, 5.74) is 1.25. The van der Waals surface area contributed by atoms with Crippen LogP contribution in [0.2, 0.25) is 0 Å². The molecular weight excluding hydrogens is 409 g/mol. The molecule has 0 fully saturated rings. The van der Waals surface area contributed by atoms with Crippen molar-refractivity contribution in [1.29, 1.82) is 0 Å². The van der Waals surface area contributed by atoms with Crippen LogP contribution in [-0.4, -0.2) is 18.5 Å². The first kappa shape index (κ1) is 15.5. The number of halogens is 1. The third kappa shape index (κ3) is 3.89. The maximum atomic E-state index is 11.9. The third-order valence-electron chi connectivity index (χ3n) is 3.09. The number of benzene rings is 2. The summed E-state index contributed by atoms with van der Waals surface area (Å²) in [4.78, 5) is 23.7. The van der Waals surface area contributed by atoms with Crippen molar-refractivity contribution in [2.45, 2.75) is 0 Å². The molecule has 3 aromatic rings. The van der Waals surface area contributed by atoms with Gasteiger partial charge in [-0.05, 0) is 59.0 Å². The number of amides is 1.